The van der Waals surface area contributed by atoms with E-state index in [1.807, 2.05) is 20.8 Å². The predicted octanol–water partition coefficient (Wildman–Crippen LogP) is 2.59. The number of hydrogen-bond donors (Lipinski definition) is 3. The van der Waals surface area contributed by atoms with Crippen LogP contribution in [0.3, 0.4) is 0 Å². The van der Waals surface area contributed by atoms with Crippen molar-refractivity contribution in [2.45, 2.75) is 89.6 Å². The van der Waals surface area contributed by atoms with Gasteiger partial charge < -0.3 is 20.1 Å². The number of unbranched alkanes of at least 4 members (excludes halogenated alkanes) is 1. The molecule has 120 valence electrons. The third kappa shape index (κ3) is 5.32. The lowest BCUT2D eigenvalue weighted by Gasteiger charge is -2.44. The van der Waals surface area contributed by atoms with Crippen molar-refractivity contribution in [2.24, 2.45) is 5.92 Å². The van der Waals surface area contributed by atoms with Crippen LogP contribution < -0.4 is 0 Å². The van der Waals surface area contributed by atoms with Crippen LogP contribution in [0.2, 0.25) is 0 Å². The van der Waals surface area contributed by atoms with Crippen LogP contribution in [0.5, 0.6) is 0 Å². The minimum Gasteiger partial charge on any atom is -0.396 e. The van der Waals surface area contributed by atoms with Gasteiger partial charge >= 0.3 is 0 Å². The van der Waals surface area contributed by atoms with Gasteiger partial charge in [0.1, 0.15) is 0 Å². The molecule has 0 aromatic rings. The molecule has 1 fully saturated rings. The van der Waals surface area contributed by atoms with Crippen molar-refractivity contribution in [1.82, 2.24) is 0 Å². The van der Waals surface area contributed by atoms with Gasteiger partial charge in [0.15, 0.2) is 6.29 Å². The van der Waals surface area contributed by atoms with Gasteiger partial charge in [-0.1, -0.05) is 13.8 Å². The van der Waals surface area contributed by atoms with E-state index in [0.717, 1.165) is 38.5 Å². The lowest BCUT2D eigenvalue weighted by atomic mass is 9.73. The summed E-state index contributed by atoms with van der Waals surface area (Å²) >= 11 is 0. The SMILES string of the molecule is CCC(C)C(O)OC1(C)CCCC(O)(CCCCO)C1. The first-order chi connectivity index (χ1) is 9.34. The molecule has 1 saturated carbocycles. The zero-order chi connectivity index (χ0) is 15.2. The molecule has 0 heterocycles. The number of rotatable bonds is 8. The van der Waals surface area contributed by atoms with E-state index in [-0.39, 0.29) is 12.5 Å². The molecule has 0 aliphatic heterocycles. The Kier molecular flexibility index (Phi) is 6.92. The first-order valence-corrected chi connectivity index (χ1v) is 8.03. The maximum Gasteiger partial charge on any atom is 0.157 e. The quantitative estimate of drug-likeness (QED) is 0.474. The fourth-order valence-corrected chi connectivity index (χ4v) is 3.15. The fraction of sp³-hybridized carbons (Fsp3) is 1.00. The summed E-state index contributed by atoms with van der Waals surface area (Å²) in [5.74, 6) is 0.108. The third-order valence-corrected chi connectivity index (χ3v) is 4.64. The van der Waals surface area contributed by atoms with Crippen molar-refractivity contribution in [3.63, 3.8) is 0 Å². The van der Waals surface area contributed by atoms with Crippen molar-refractivity contribution >= 4 is 0 Å². The molecule has 4 unspecified atom stereocenters. The van der Waals surface area contributed by atoms with Crippen molar-refractivity contribution in [3.8, 4) is 0 Å². The molecule has 0 bridgehead atoms. The minimum atomic E-state index is -0.759. The Morgan fingerprint density at radius 3 is 2.55 bits per heavy atom. The zero-order valence-electron chi connectivity index (χ0n) is 13.3. The van der Waals surface area contributed by atoms with E-state index in [1.54, 1.807) is 0 Å². The van der Waals surface area contributed by atoms with Gasteiger partial charge in [-0.15, -0.1) is 0 Å². The predicted molar refractivity (Wildman–Crippen MR) is 79.3 cm³/mol. The Bertz CT molecular complexity index is 284. The highest BCUT2D eigenvalue weighted by molar-refractivity contribution is 4.94. The highest BCUT2D eigenvalue weighted by Crippen LogP contribution is 2.41. The maximum absolute atomic E-state index is 10.7. The summed E-state index contributed by atoms with van der Waals surface area (Å²) < 4.78 is 5.88. The van der Waals surface area contributed by atoms with Crippen molar-refractivity contribution in [1.29, 1.82) is 0 Å². The molecule has 0 aromatic carbocycles. The Hall–Kier alpha value is -0.160. The molecule has 1 aliphatic rings. The Labute approximate surface area is 123 Å². The fourth-order valence-electron chi connectivity index (χ4n) is 3.15. The average Bonchev–Trinajstić information content (AvgIpc) is 2.37. The Balaban J connectivity index is 2.56. The standard InChI is InChI=1S/C16H32O4/c1-4-13(2)14(18)20-15(3)8-7-10-16(19,12-15)9-5-6-11-17/h13-14,17-19H,4-12H2,1-3H3. The lowest BCUT2D eigenvalue weighted by Crippen LogP contribution is -2.48. The van der Waals surface area contributed by atoms with E-state index >= 15 is 0 Å². The second-order valence-corrected chi connectivity index (χ2v) is 6.78. The molecule has 4 heteroatoms. The molecular formula is C16H32O4. The summed E-state index contributed by atoms with van der Waals surface area (Å²) in [7, 11) is 0. The van der Waals surface area contributed by atoms with E-state index in [0.29, 0.717) is 12.8 Å². The largest absolute Gasteiger partial charge is 0.396 e. The highest BCUT2D eigenvalue weighted by Gasteiger charge is 2.42. The van der Waals surface area contributed by atoms with Gasteiger partial charge in [0, 0.05) is 18.9 Å². The molecular weight excluding hydrogens is 256 g/mol. The molecule has 1 rings (SSSR count). The van der Waals surface area contributed by atoms with Crippen LogP contribution >= 0.6 is 0 Å². The molecule has 0 spiro atoms. The van der Waals surface area contributed by atoms with Crippen molar-refractivity contribution < 1.29 is 20.1 Å². The van der Waals surface area contributed by atoms with Crippen LogP contribution in [0.15, 0.2) is 0 Å². The number of hydrogen-bond acceptors (Lipinski definition) is 4. The summed E-state index contributed by atoms with van der Waals surface area (Å²) in [6.07, 6.45) is 5.53. The second-order valence-electron chi connectivity index (χ2n) is 6.78. The molecule has 1 aliphatic carbocycles. The molecule has 4 atom stereocenters. The summed E-state index contributed by atoms with van der Waals surface area (Å²) in [6.45, 7) is 6.18. The third-order valence-electron chi connectivity index (χ3n) is 4.64. The number of aliphatic hydroxyl groups is 3. The van der Waals surface area contributed by atoms with Gasteiger partial charge in [0.25, 0.3) is 0 Å². The van der Waals surface area contributed by atoms with Crippen LogP contribution in [0.25, 0.3) is 0 Å². The molecule has 3 N–H and O–H groups in total. The van der Waals surface area contributed by atoms with E-state index in [9.17, 15) is 10.2 Å². The van der Waals surface area contributed by atoms with E-state index in [1.165, 1.54) is 0 Å². The Morgan fingerprint density at radius 2 is 1.95 bits per heavy atom. The first kappa shape index (κ1) is 17.9. The van der Waals surface area contributed by atoms with Crippen molar-refractivity contribution in [2.75, 3.05) is 6.61 Å². The first-order valence-electron chi connectivity index (χ1n) is 8.03. The van der Waals surface area contributed by atoms with Crippen LogP contribution in [-0.2, 0) is 4.74 Å². The summed E-state index contributed by atoms with van der Waals surface area (Å²) in [6, 6.07) is 0. The van der Waals surface area contributed by atoms with E-state index in [4.69, 9.17) is 9.84 Å². The molecule has 0 saturated heterocycles. The van der Waals surface area contributed by atoms with Gasteiger partial charge in [0.2, 0.25) is 0 Å². The molecule has 20 heavy (non-hydrogen) atoms. The summed E-state index contributed by atoms with van der Waals surface area (Å²) in [4.78, 5) is 0. The van der Waals surface area contributed by atoms with Crippen LogP contribution in [0.1, 0.15) is 72.1 Å². The van der Waals surface area contributed by atoms with Gasteiger partial charge in [-0.3, -0.25) is 0 Å². The Morgan fingerprint density at radius 1 is 1.25 bits per heavy atom. The average molecular weight is 288 g/mol. The van der Waals surface area contributed by atoms with Crippen LogP contribution in [0, 0.1) is 5.92 Å². The number of ether oxygens (including phenoxy) is 1. The maximum atomic E-state index is 10.7. The summed E-state index contributed by atoms with van der Waals surface area (Å²) in [5, 5.41) is 29.6. The zero-order valence-corrected chi connectivity index (χ0v) is 13.3. The smallest absolute Gasteiger partial charge is 0.157 e. The van der Waals surface area contributed by atoms with Crippen LogP contribution in [0.4, 0.5) is 0 Å². The number of aliphatic hydroxyl groups excluding tert-OH is 2. The van der Waals surface area contributed by atoms with Crippen molar-refractivity contribution in [3.05, 3.63) is 0 Å². The molecule has 0 aromatic heterocycles. The molecule has 0 amide bonds. The van der Waals surface area contributed by atoms with Gasteiger partial charge in [0.05, 0.1) is 11.2 Å². The monoisotopic (exact) mass is 288 g/mol. The van der Waals surface area contributed by atoms with Crippen LogP contribution in [-0.4, -0.2) is 39.4 Å². The minimum absolute atomic E-state index is 0.108. The lowest BCUT2D eigenvalue weighted by molar-refractivity contribution is -0.230. The van der Waals surface area contributed by atoms with E-state index in [2.05, 4.69) is 0 Å². The molecule has 4 nitrogen and oxygen atoms in total. The van der Waals surface area contributed by atoms with Gasteiger partial charge in [-0.05, 0) is 51.9 Å². The van der Waals surface area contributed by atoms with Gasteiger partial charge in [-0.25, -0.2) is 0 Å². The highest BCUT2D eigenvalue weighted by atomic mass is 16.6. The topological polar surface area (TPSA) is 69.9 Å². The normalized spacial score (nSPS) is 33.9. The van der Waals surface area contributed by atoms with E-state index < -0.39 is 17.5 Å². The molecule has 0 radical (unpaired) electrons. The second kappa shape index (κ2) is 7.74. The van der Waals surface area contributed by atoms with Gasteiger partial charge in [-0.2, -0.15) is 0 Å². The summed E-state index contributed by atoms with van der Waals surface area (Å²) in [5.41, 5.74) is -1.16.